The molecule has 3 aliphatic rings. The van der Waals surface area contributed by atoms with Crippen LogP contribution >= 0.6 is 0 Å². The van der Waals surface area contributed by atoms with E-state index in [1.54, 1.807) is 6.92 Å². The van der Waals surface area contributed by atoms with Crippen molar-refractivity contribution in [3.8, 4) is 0 Å². The van der Waals surface area contributed by atoms with Crippen molar-refractivity contribution in [1.82, 2.24) is 0 Å². The number of carbonyl (C=O) groups is 1. The van der Waals surface area contributed by atoms with E-state index in [9.17, 15) is 20.1 Å². The smallest absolute Gasteiger partial charge is 0.187 e. The van der Waals surface area contributed by atoms with E-state index < -0.39 is 36.3 Å². The number of aliphatic hydroxyl groups excluding tert-OH is 3. The molecule has 1 saturated heterocycles. The zero-order valence-electron chi connectivity index (χ0n) is 17.0. The van der Waals surface area contributed by atoms with E-state index in [1.807, 2.05) is 13.8 Å². The minimum atomic E-state index is -1.29. The number of rotatable bonds is 4. The number of aliphatic hydroxyl groups is 3. The van der Waals surface area contributed by atoms with E-state index in [1.165, 1.54) is 5.57 Å². The summed E-state index contributed by atoms with van der Waals surface area (Å²) in [4.78, 5) is 11.4. The second-order valence-corrected chi connectivity index (χ2v) is 9.37. The van der Waals surface area contributed by atoms with Gasteiger partial charge in [0, 0.05) is 0 Å². The third-order valence-electron chi connectivity index (χ3n) is 7.60. The summed E-state index contributed by atoms with van der Waals surface area (Å²) in [7, 11) is 0. The van der Waals surface area contributed by atoms with Gasteiger partial charge < -0.3 is 24.8 Å². The van der Waals surface area contributed by atoms with Crippen molar-refractivity contribution in [1.29, 1.82) is 0 Å². The van der Waals surface area contributed by atoms with Gasteiger partial charge >= 0.3 is 0 Å². The summed E-state index contributed by atoms with van der Waals surface area (Å²) in [5, 5.41) is 30.2. The summed E-state index contributed by atoms with van der Waals surface area (Å²) >= 11 is 0. The first-order valence-corrected chi connectivity index (χ1v) is 10.1. The lowest BCUT2D eigenvalue weighted by atomic mass is 9.72. The Kier molecular flexibility index (Phi) is 5.60. The molecule has 1 saturated carbocycles. The molecule has 1 aliphatic heterocycles. The van der Waals surface area contributed by atoms with Crippen LogP contribution in [0.25, 0.3) is 0 Å². The van der Waals surface area contributed by atoms with E-state index in [2.05, 4.69) is 13.8 Å². The first-order valence-electron chi connectivity index (χ1n) is 10.1. The van der Waals surface area contributed by atoms with Gasteiger partial charge in [-0.15, -0.1) is 0 Å². The maximum atomic E-state index is 11.4. The van der Waals surface area contributed by atoms with Gasteiger partial charge in [-0.1, -0.05) is 12.5 Å². The van der Waals surface area contributed by atoms with E-state index in [-0.39, 0.29) is 11.3 Å². The fourth-order valence-corrected chi connectivity index (χ4v) is 5.47. The van der Waals surface area contributed by atoms with Gasteiger partial charge in [0.05, 0.1) is 11.7 Å². The molecule has 6 heteroatoms. The van der Waals surface area contributed by atoms with Gasteiger partial charge in [0.25, 0.3) is 0 Å². The fourth-order valence-electron chi connectivity index (χ4n) is 5.47. The zero-order chi connectivity index (χ0) is 20.1. The number of allylic oxidation sites excluding steroid dienone is 2. The molecule has 3 rings (SSSR count). The Morgan fingerprint density at radius 1 is 1.19 bits per heavy atom. The Morgan fingerprint density at radius 3 is 2.44 bits per heavy atom. The van der Waals surface area contributed by atoms with Gasteiger partial charge in [-0.3, -0.25) is 4.79 Å². The highest BCUT2D eigenvalue weighted by atomic mass is 16.7. The van der Waals surface area contributed by atoms with Crippen LogP contribution in [0.5, 0.6) is 0 Å². The maximum Gasteiger partial charge on any atom is 0.187 e. The van der Waals surface area contributed by atoms with E-state index in [0.29, 0.717) is 5.92 Å². The van der Waals surface area contributed by atoms with Crippen LogP contribution < -0.4 is 0 Å². The van der Waals surface area contributed by atoms with Crippen LogP contribution in [0.2, 0.25) is 0 Å². The van der Waals surface area contributed by atoms with Crippen molar-refractivity contribution in [2.45, 2.75) is 96.6 Å². The minimum absolute atomic E-state index is 0.0522. The molecule has 8 atom stereocenters. The second kappa shape index (κ2) is 7.23. The lowest BCUT2D eigenvalue weighted by molar-refractivity contribution is -0.322. The quantitative estimate of drug-likeness (QED) is 0.643. The van der Waals surface area contributed by atoms with Crippen LogP contribution in [0.4, 0.5) is 0 Å². The Labute approximate surface area is 161 Å². The summed E-state index contributed by atoms with van der Waals surface area (Å²) in [6.07, 6.45) is -0.516. The standard InChI is InChI=1S/C21H34O6/c1-11-8-14(10-22)12(2)21(11)7-6-15(9-21)20(4,5)27-19-18(25)17(24)16(23)13(3)26-19/h10-11,13,15-19,23-25H,6-9H2,1-5H3. The van der Waals surface area contributed by atoms with Gasteiger partial charge in [-0.25, -0.2) is 0 Å². The van der Waals surface area contributed by atoms with Crippen LogP contribution in [0, 0.1) is 17.3 Å². The maximum absolute atomic E-state index is 11.4. The van der Waals surface area contributed by atoms with Crippen LogP contribution in [-0.2, 0) is 14.3 Å². The van der Waals surface area contributed by atoms with Crippen LogP contribution in [0.1, 0.15) is 60.3 Å². The first kappa shape index (κ1) is 20.9. The van der Waals surface area contributed by atoms with Crippen LogP contribution in [0.3, 0.4) is 0 Å². The molecule has 6 nitrogen and oxygen atoms in total. The van der Waals surface area contributed by atoms with Crippen molar-refractivity contribution in [2.75, 3.05) is 0 Å². The van der Waals surface area contributed by atoms with E-state index in [0.717, 1.165) is 37.5 Å². The molecule has 2 fully saturated rings. The summed E-state index contributed by atoms with van der Waals surface area (Å²) in [6.45, 7) is 9.96. The molecule has 1 spiro atoms. The molecule has 1 heterocycles. The van der Waals surface area contributed by atoms with Crippen LogP contribution in [0.15, 0.2) is 11.1 Å². The molecule has 154 valence electrons. The largest absolute Gasteiger partial charge is 0.388 e. The van der Waals surface area contributed by atoms with Gasteiger partial charge in [0.15, 0.2) is 6.29 Å². The topological polar surface area (TPSA) is 96.2 Å². The lowest BCUT2D eigenvalue weighted by Crippen LogP contribution is -2.59. The number of carbonyl (C=O) groups excluding carboxylic acids is 1. The van der Waals surface area contributed by atoms with Gasteiger partial charge in [0.2, 0.25) is 0 Å². The molecule has 3 N–H and O–H groups in total. The molecule has 0 radical (unpaired) electrons. The number of ether oxygens (including phenoxy) is 2. The second-order valence-electron chi connectivity index (χ2n) is 9.37. The lowest BCUT2D eigenvalue weighted by Gasteiger charge is -2.44. The Morgan fingerprint density at radius 2 is 1.85 bits per heavy atom. The van der Waals surface area contributed by atoms with Crippen molar-refractivity contribution in [2.24, 2.45) is 17.3 Å². The van der Waals surface area contributed by atoms with Crippen molar-refractivity contribution in [3.63, 3.8) is 0 Å². The third kappa shape index (κ3) is 3.40. The fraction of sp³-hybridized carbons (Fsp3) is 0.857. The van der Waals surface area contributed by atoms with Crippen molar-refractivity contribution >= 4 is 6.29 Å². The minimum Gasteiger partial charge on any atom is -0.388 e. The monoisotopic (exact) mass is 382 g/mol. The highest BCUT2D eigenvalue weighted by Crippen LogP contribution is 2.60. The number of aldehydes is 1. The van der Waals surface area contributed by atoms with Crippen molar-refractivity contribution in [3.05, 3.63) is 11.1 Å². The molecule has 0 aromatic carbocycles. The molecule has 0 amide bonds. The summed E-state index contributed by atoms with van der Waals surface area (Å²) in [5.41, 5.74) is 1.65. The van der Waals surface area contributed by atoms with Gasteiger partial charge in [0.1, 0.15) is 24.6 Å². The summed E-state index contributed by atoms with van der Waals surface area (Å²) < 4.78 is 11.8. The van der Waals surface area contributed by atoms with Gasteiger partial charge in [-0.2, -0.15) is 0 Å². The molecule has 0 aromatic heterocycles. The highest BCUT2D eigenvalue weighted by molar-refractivity contribution is 5.76. The van der Waals surface area contributed by atoms with Crippen LogP contribution in [-0.4, -0.2) is 57.9 Å². The Bertz CT molecular complexity index is 614. The SMILES string of the molecule is CC1=C(C=O)CC(C)C12CCC(C(C)(C)OC1OC(C)C(O)C(O)C1O)C2. The van der Waals surface area contributed by atoms with Gasteiger partial charge in [-0.05, 0) is 76.2 Å². The molecule has 8 unspecified atom stereocenters. The zero-order valence-corrected chi connectivity index (χ0v) is 17.0. The predicted octanol–water partition coefficient (Wildman–Crippen LogP) is 1.95. The summed E-state index contributed by atoms with van der Waals surface area (Å²) in [5.74, 6) is 0.683. The number of hydrogen-bond donors (Lipinski definition) is 3. The average molecular weight is 382 g/mol. The summed E-state index contributed by atoms with van der Waals surface area (Å²) in [6, 6.07) is 0. The average Bonchev–Trinajstić information content (AvgIpc) is 3.17. The number of hydrogen-bond acceptors (Lipinski definition) is 6. The Hall–Kier alpha value is -0.790. The highest BCUT2D eigenvalue weighted by Gasteiger charge is 2.53. The normalized spacial score (nSPS) is 45.7. The Balaban J connectivity index is 1.73. The third-order valence-corrected chi connectivity index (χ3v) is 7.60. The molecular weight excluding hydrogens is 348 g/mol. The molecule has 0 aromatic rings. The van der Waals surface area contributed by atoms with E-state index >= 15 is 0 Å². The first-order chi connectivity index (χ1) is 12.5. The predicted molar refractivity (Wildman–Crippen MR) is 99.8 cm³/mol. The van der Waals surface area contributed by atoms with Crippen molar-refractivity contribution < 1.29 is 29.6 Å². The van der Waals surface area contributed by atoms with E-state index in [4.69, 9.17) is 9.47 Å². The molecule has 0 bridgehead atoms. The molecular formula is C21H34O6. The molecule has 2 aliphatic carbocycles. The molecule has 27 heavy (non-hydrogen) atoms.